The number of carboxylic acid groups (broad SMARTS) is 1. The molecule has 14 N–H and O–H groups in total. The van der Waals surface area contributed by atoms with E-state index in [1.165, 1.54) is 41.3 Å². The number of aliphatic carboxylic acids is 1. The Kier molecular flexibility index (Phi) is 23.5. The zero-order valence-electron chi connectivity index (χ0n) is 41.9. The number of phenolic OH excluding ortho intramolecular Hbond substituents is 1. The Labute approximate surface area is 429 Å². The van der Waals surface area contributed by atoms with E-state index in [9.17, 15) is 48.6 Å². The number of benzene rings is 2. The summed E-state index contributed by atoms with van der Waals surface area (Å²) in [6.07, 6.45) is 3.80. The first kappa shape index (κ1) is 58.4. The molecule has 0 aliphatic carbocycles. The second-order valence-electron chi connectivity index (χ2n) is 18.4. The van der Waals surface area contributed by atoms with Crippen molar-refractivity contribution in [3.63, 3.8) is 0 Å². The summed E-state index contributed by atoms with van der Waals surface area (Å²) in [6.45, 7) is 6.97. The number of aliphatic imine (C=N–C) groups is 1. The van der Waals surface area contributed by atoms with E-state index in [0.717, 1.165) is 5.56 Å². The smallest absolute Gasteiger partial charge is 0.327 e. The Morgan fingerprint density at radius 3 is 1.99 bits per heavy atom. The van der Waals surface area contributed by atoms with E-state index in [-0.39, 0.29) is 62.8 Å². The van der Waals surface area contributed by atoms with Crippen LogP contribution in [0.15, 0.2) is 72.1 Å². The highest BCUT2D eigenvalue weighted by atomic mass is 32.2. The number of nitrogens with zero attached hydrogens (tertiary/aromatic N) is 3. The zero-order chi connectivity index (χ0) is 53.6. The molecule has 23 nitrogen and oxygen atoms in total. The van der Waals surface area contributed by atoms with Gasteiger partial charge in [0.25, 0.3) is 0 Å². The highest BCUT2D eigenvalue weighted by Gasteiger charge is 2.41. The molecule has 2 aromatic carbocycles. The molecule has 0 radical (unpaired) electrons. The number of guanidine groups is 1. The number of aromatic nitrogens is 2. The summed E-state index contributed by atoms with van der Waals surface area (Å²) in [5.74, 6) is -6.60. The Hall–Kier alpha value is -7.21. The predicted molar refractivity (Wildman–Crippen MR) is 274 cm³/mol. The molecule has 0 spiro atoms. The first-order chi connectivity index (χ1) is 34.8. The van der Waals surface area contributed by atoms with Crippen LogP contribution in [0.1, 0.15) is 70.2 Å². The van der Waals surface area contributed by atoms with Crippen molar-refractivity contribution in [2.45, 2.75) is 114 Å². The summed E-state index contributed by atoms with van der Waals surface area (Å²) in [5.41, 5.74) is 12.9. The molecule has 0 saturated carbocycles. The fourth-order valence-electron chi connectivity index (χ4n) is 7.99. The lowest BCUT2D eigenvalue weighted by Crippen LogP contribution is -2.61. The molecule has 398 valence electrons. The van der Waals surface area contributed by atoms with Crippen LogP contribution in [0.2, 0.25) is 0 Å². The molecule has 24 heteroatoms. The maximum absolute atomic E-state index is 14.5. The van der Waals surface area contributed by atoms with Gasteiger partial charge in [0.05, 0.1) is 12.9 Å². The van der Waals surface area contributed by atoms with E-state index in [1.807, 2.05) is 30.3 Å². The second-order valence-corrected chi connectivity index (χ2v) is 19.5. The number of aromatic amines is 1. The van der Waals surface area contributed by atoms with Gasteiger partial charge in [0, 0.05) is 49.3 Å². The lowest BCUT2D eigenvalue weighted by Gasteiger charge is -2.31. The highest BCUT2D eigenvalue weighted by molar-refractivity contribution is 7.98. The number of phenols is 1. The monoisotopic (exact) mass is 1030 g/mol. The molecular formula is C49H71N13O10S. The molecule has 1 aliphatic rings. The van der Waals surface area contributed by atoms with Gasteiger partial charge in [-0.05, 0) is 67.8 Å². The average Bonchev–Trinajstić information content (AvgIpc) is 4.06. The van der Waals surface area contributed by atoms with Crippen molar-refractivity contribution in [3.05, 3.63) is 83.9 Å². The number of likely N-dealkylation sites (N-methyl/N-ethyl adjacent to an activating group) is 1. The number of nitrogens with one attached hydrogen (secondary N) is 8. The molecule has 7 atom stereocenters. The van der Waals surface area contributed by atoms with Gasteiger partial charge in [-0.3, -0.25) is 38.6 Å². The Morgan fingerprint density at radius 2 is 1.41 bits per heavy atom. The standard InChI is InChI=1S/C49H71N13O10S/c1-28(2)40(60-42(65)34(56-39(64)24-52-5)13-9-19-54-49(50)51)45(68)57-35(21-30-15-17-33(63)18-16-30)43(66)61-41(29(3)4)46(69)58-36(22-32-23-53-27-55-32)47(70)62-20-10-14-38(62)44(67)59-37(48(71)72)26-73-25-31-11-7-6-8-12-31/h6-8,11-12,15-18,23,27-29,34-38,40-41,52,63H,9-10,13-14,19-22,24-26H2,1-5H3,(H,53,55)(H,56,64)(H,57,68)(H,58,69)(H,59,67)(H,60,65)(H,61,66)(H,71,72)(H4,50,51,54)/t34-,35-,36-,37-,38-,40-,41-/m0/s1. The zero-order valence-corrected chi connectivity index (χ0v) is 42.7. The predicted octanol–water partition coefficient (Wildman–Crippen LogP) is -0.597. The number of hydrogen-bond donors (Lipinski definition) is 12. The van der Waals surface area contributed by atoms with E-state index in [2.05, 4.69) is 52.2 Å². The van der Waals surface area contributed by atoms with Crippen molar-refractivity contribution in [1.29, 1.82) is 0 Å². The minimum absolute atomic E-state index is 0.0410. The molecule has 1 fully saturated rings. The SMILES string of the molecule is CNCC(=O)N[C@@H](CCCN=C(N)N)C(=O)N[C@H](C(=O)N[C@@H](Cc1ccc(O)cc1)C(=O)N[C@H](C(=O)N[C@@H](Cc1cnc[nH]1)C(=O)N1CCC[C@H]1C(=O)N[C@@H](CSCc1ccccc1)C(=O)O)C(C)C)C(C)C. The van der Waals surface area contributed by atoms with Gasteiger partial charge in [-0.1, -0.05) is 70.2 Å². The summed E-state index contributed by atoms with van der Waals surface area (Å²) in [7, 11) is 1.57. The summed E-state index contributed by atoms with van der Waals surface area (Å²) in [4.78, 5) is 122. The third-order valence-corrected chi connectivity index (χ3v) is 13.0. The quantitative estimate of drug-likeness (QED) is 0.0235. The maximum Gasteiger partial charge on any atom is 0.327 e. The van der Waals surface area contributed by atoms with Gasteiger partial charge in [-0.15, -0.1) is 0 Å². The van der Waals surface area contributed by atoms with Crippen molar-refractivity contribution in [2.75, 3.05) is 32.4 Å². The van der Waals surface area contributed by atoms with Gasteiger partial charge in [0.15, 0.2) is 5.96 Å². The van der Waals surface area contributed by atoms with Crippen LogP contribution < -0.4 is 48.7 Å². The number of imidazole rings is 1. The summed E-state index contributed by atoms with van der Waals surface area (Å²) < 4.78 is 0. The normalized spacial score (nSPS) is 15.7. The molecule has 7 amide bonds. The van der Waals surface area contributed by atoms with Crippen LogP contribution in [0.25, 0.3) is 0 Å². The number of carbonyl (C=O) groups excluding carboxylic acids is 7. The Morgan fingerprint density at radius 1 is 0.781 bits per heavy atom. The molecule has 73 heavy (non-hydrogen) atoms. The van der Waals surface area contributed by atoms with Gasteiger partial charge in [-0.2, -0.15) is 11.8 Å². The number of carbonyl (C=O) groups is 8. The summed E-state index contributed by atoms with van der Waals surface area (Å²) in [6, 6.07) is 6.92. The third kappa shape index (κ3) is 19.1. The van der Waals surface area contributed by atoms with E-state index in [1.54, 1.807) is 46.9 Å². The number of rotatable bonds is 29. The van der Waals surface area contributed by atoms with Crippen LogP contribution in [-0.4, -0.2) is 153 Å². The second kappa shape index (κ2) is 29.3. The summed E-state index contributed by atoms with van der Waals surface area (Å²) >= 11 is 1.34. The van der Waals surface area contributed by atoms with Crippen LogP contribution in [0.4, 0.5) is 0 Å². The first-order valence-electron chi connectivity index (χ1n) is 24.2. The average molecular weight is 1030 g/mol. The van der Waals surface area contributed by atoms with Crippen molar-refractivity contribution >= 4 is 65.0 Å². The van der Waals surface area contributed by atoms with Gasteiger partial charge >= 0.3 is 5.97 Å². The minimum atomic E-state index is -1.35. The van der Waals surface area contributed by atoms with Gasteiger partial charge in [0.1, 0.15) is 48.0 Å². The molecule has 0 bridgehead atoms. The molecule has 0 unspecified atom stereocenters. The fraction of sp³-hybridized carbons (Fsp3) is 0.510. The van der Waals surface area contributed by atoms with Crippen LogP contribution in [-0.2, 0) is 57.0 Å². The highest BCUT2D eigenvalue weighted by Crippen LogP contribution is 2.21. The largest absolute Gasteiger partial charge is 0.508 e. The van der Waals surface area contributed by atoms with Crippen LogP contribution >= 0.6 is 11.8 Å². The van der Waals surface area contributed by atoms with Crippen LogP contribution in [0, 0.1) is 11.8 Å². The lowest BCUT2D eigenvalue weighted by atomic mass is 9.98. The molecule has 2 heterocycles. The number of carboxylic acids is 1. The number of likely N-dealkylation sites (tertiary alicyclic amines) is 1. The first-order valence-corrected chi connectivity index (χ1v) is 25.3. The van der Waals surface area contributed by atoms with E-state index >= 15 is 0 Å². The molecule has 3 aromatic rings. The molecular weight excluding hydrogens is 963 g/mol. The molecule has 1 saturated heterocycles. The van der Waals surface area contributed by atoms with E-state index in [4.69, 9.17) is 11.5 Å². The topological polar surface area (TPSA) is 358 Å². The van der Waals surface area contributed by atoms with E-state index < -0.39 is 101 Å². The fourth-order valence-corrected chi connectivity index (χ4v) is 8.99. The van der Waals surface area contributed by atoms with Crippen molar-refractivity contribution in [1.82, 2.24) is 52.1 Å². The molecule has 1 aliphatic heterocycles. The minimum Gasteiger partial charge on any atom is -0.508 e. The summed E-state index contributed by atoms with van der Waals surface area (Å²) in [5, 5.41) is 39.0. The van der Waals surface area contributed by atoms with Gasteiger partial charge in [-0.25, -0.2) is 9.78 Å². The van der Waals surface area contributed by atoms with Crippen molar-refractivity contribution in [2.24, 2.45) is 28.3 Å². The Balaban J connectivity index is 1.54. The number of thioether (sulfide) groups is 1. The number of nitrogens with two attached hydrogens (primary N) is 2. The number of hydrogen-bond acceptors (Lipinski definition) is 13. The molecule has 4 rings (SSSR count). The van der Waals surface area contributed by atoms with Gasteiger partial charge < -0.3 is 68.8 Å². The number of H-pyrrole nitrogens is 1. The number of aromatic hydroxyl groups is 1. The Bertz CT molecular complexity index is 2330. The number of amides is 7. The third-order valence-electron chi connectivity index (χ3n) is 11.9. The van der Waals surface area contributed by atoms with Gasteiger partial charge in [0.2, 0.25) is 41.4 Å². The van der Waals surface area contributed by atoms with Crippen LogP contribution in [0.5, 0.6) is 5.75 Å². The lowest BCUT2D eigenvalue weighted by molar-refractivity contribution is -0.144. The molecule has 1 aromatic heterocycles. The van der Waals surface area contributed by atoms with Crippen molar-refractivity contribution < 1.29 is 48.6 Å². The maximum atomic E-state index is 14.5. The van der Waals surface area contributed by atoms with Crippen molar-refractivity contribution in [3.8, 4) is 5.75 Å². The van der Waals surface area contributed by atoms with Crippen LogP contribution in [0.3, 0.4) is 0 Å². The van der Waals surface area contributed by atoms with E-state index in [0.29, 0.717) is 29.9 Å².